The minimum atomic E-state index is -0.301. The van der Waals surface area contributed by atoms with Gasteiger partial charge in [-0.05, 0) is 53.1 Å². The molecule has 0 radical (unpaired) electrons. The van der Waals surface area contributed by atoms with Gasteiger partial charge in [0.2, 0.25) is 5.91 Å². The predicted octanol–water partition coefficient (Wildman–Crippen LogP) is 4.79. The summed E-state index contributed by atoms with van der Waals surface area (Å²) >= 11 is 1.60. The Morgan fingerprint density at radius 2 is 1.82 bits per heavy atom. The number of rotatable bonds is 9. The maximum absolute atomic E-state index is 12.5. The molecule has 0 unspecified atom stereocenters. The summed E-state index contributed by atoms with van der Waals surface area (Å²) in [6.45, 7) is 4.63. The second-order valence-corrected chi connectivity index (χ2v) is 8.73. The normalized spacial score (nSPS) is 15.5. The van der Waals surface area contributed by atoms with Crippen molar-refractivity contribution < 1.29 is 14.3 Å². The molecule has 4 rings (SSSR count). The molecule has 2 amide bonds. The van der Waals surface area contributed by atoms with Crippen LogP contribution in [0.15, 0.2) is 96.6 Å². The van der Waals surface area contributed by atoms with Gasteiger partial charge in [0.05, 0.1) is 12.0 Å². The highest BCUT2D eigenvalue weighted by molar-refractivity contribution is 8.00. The highest BCUT2D eigenvalue weighted by atomic mass is 32.2. The molecule has 1 aliphatic rings. The minimum Gasteiger partial charge on any atom is -0.490 e. The number of carbonyl (C=O) groups is 2. The predicted molar refractivity (Wildman–Crippen MR) is 136 cm³/mol. The summed E-state index contributed by atoms with van der Waals surface area (Å²) in [5.41, 5.74) is 5.97. The van der Waals surface area contributed by atoms with Crippen LogP contribution in [0, 0.1) is 0 Å². The number of thioether (sulfide) groups is 1. The van der Waals surface area contributed by atoms with Gasteiger partial charge in [-0.15, -0.1) is 11.8 Å². The van der Waals surface area contributed by atoms with Gasteiger partial charge in [-0.1, -0.05) is 55.1 Å². The number of amides is 2. The Hall–Kier alpha value is -3.84. The van der Waals surface area contributed by atoms with Crippen molar-refractivity contribution in [2.24, 2.45) is 5.10 Å². The van der Waals surface area contributed by atoms with Gasteiger partial charge in [-0.25, -0.2) is 5.43 Å². The molecule has 1 saturated heterocycles. The molecule has 1 N–H and O–H groups in total. The van der Waals surface area contributed by atoms with Crippen molar-refractivity contribution in [3.05, 3.63) is 114 Å². The Labute approximate surface area is 203 Å². The molecule has 0 bridgehead atoms. The number of benzene rings is 3. The molecule has 3 aromatic rings. The lowest BCUT2D eigenvalue weighted by Crippen LogP contribution is -2.27. The molecule has 0 aromatic heterocycles. The summed E-state index contributed by atoms with van der Waals surface area (Å²) < 4.78 is 5.44. The van der Waals surface area contributed by atoms with E-state index >= 15 is 0 Å². The molecule has 6 nitrogen and oxygen atoms in total. The average molecular weight is 472 g/mol. The highest BCUT2D eigenvalue weighted by Gasteiger charge is 2.32. The summed E-state index contributed by atoms with van der Waals surface area (Å²) in [4.78, 5) is 26.8. The molecule has 7 heteroatoms. The van der Waals surface area contributed by atoms with E-state index in [0.29, 0.717) is 24.5 Å². The van der Waals surface area contributed by atoms with Crippen LogP contribution in [-0.4, -0.2) is 35.3 Å². The van der Waals surface area contributed by atoms with Crippen molar-refractivity contribution >= 4 is 29.8 Å². The van der Waals surface area contributed by atoms with E-state index in [1.807, 2.05) is 71.6 Å². The zero-order valence-electron chi connectivity index (χ0n) is 18.6. The average Bonchev–Trinajstić information content (AvgIpc) is 3.24. The van der Waals surface area contributed by atoms with E-state index in [0.717, 1.165) is 22.4 Å². The van der Waals surface area contributed by atoms with E-state index in [4.69, 9.17) is 4.74 Å². The van der Waals surface area contributed by atoms with E-state index in [1.54, 1.807) is 36.2 Å². The van der Waals surface area contributed by atoms with Crippen molar-refractivity contribution in [2.45, 2.75) is 11.9 Å². The van der Waals surface area contributed by atoms with Gasteiger partial charge in [0, 0.05) is 12.1 Å². The summed E-state index contributed by atoms with van der Waals surface area (Å²) in [5, 5.41) is 3.97. The summed E-state index contributed by atoms with van der Waals surface area (Å²) in [5.74, 6) is 1.02. The number of hydrogen-bond donors (Lipinski definition) is 1. The standard InChI is InChI=1S/C27H25N3O3S/c1-2-16-33-24-14-8-20(9-15-24)17-28-29-26(32)22-10-12-23(13-11-22)27-30(25(31)19-34-27)18-21-6-4-3-5-7-21/h2-15,17,27H,1,16,18-19H2,(H,29,32)/b28-17-/t27-/m1/s1. The minimum absolute atomic E-state index is 0.0683. The largest absolute Gasteiger partial charge is 0.490 e. The number of nitrogens with zero attached hydrogens (tertiary/aromatic N) is 2. The van der Waals surface area contributed by atoms with E-state index in [2.05, 4.69) is 17.1 Å². The molecule has 0 saturated carbocycles. The smallest absolute Gasteiger partial charge is 0.271 e. The van der Waals surface area contributed by atoms with Crippen LogP contribution >= 0.6 is 11.8 Å². The van der Waals surface area contributed by atoms with Crippen molar-refractivity contribution in [1.29, 1.82) is 0 Å². The Bertz CT molecular complexity index is 1160. The van der Waals surface area contributed by atoms with Crippen LogP contribution in [0.1, 0.15) is 32.4 Å². The zero-order valence-corrected chi connectivity index (χ0v) is 19.4. The first-order valence-electron chi connectivity index (χ1n) is 10.9. The quantitative estimate of drug-likeness (QED) is 0.277. The van der Waals surface area contributed by atoms with Crippen molar-refractivity contribution in [3.8, 4) is 5.75 Å². The Morgan fingerprint density at radius 1 is 1.09 bits per heavy atom. The number of nitrogens with one attached hydrogen (secondary N) is 1. The molecule has 1 fully saturated rings. The van der Waals surface area contributed by atoms with Crippen LogP contribution in [0.25, 0.3) is 0 Å². The van der Waals surface area contributed by atoms with Crippen LogP contribution in [0.4, 0.5) is 0 Å². The first-order valence-corrected chi connectivity index (χ1v) is 11.9. The van der Waals surface area contributed by atoms with Crippen LogP contribution in [0.3, 0.4) is 0 Å². The maximum Gasteiger partial charge on any atom is 0.271 e. The second-order valence-electron chi connectivity index (χ2n) is 7.66. The first kappa shape index (κ1) is 23.3. The maximum atomic E-state index is 12.5. The Morgan fingerprint density at radius 3 is 2.53 bits per heavy atom. The topological polar surface area (TPSA) is 71.0 Å². The first-order chi connectivity index (χ1) is 16.6. The van der Waals surface area contributed by atoms with Gasteiger partial charge in [0.25, 0.3) is 5.91 Å². The molecular weight excluding hydrogens is 446 g/mol. The van der Waals surface area contributed by atoms with Gasteiger partial charge >= 0.3 is 0 Å². The molecule has 1 aliphatic heterocycles. The molecule has 34 heavy (non-hydrogen) atoms. The fraction of sp³-hybridized carbons (Fsp3) is 0.148. The monoisotopic (exact) mass is 471 g/mol. The summed E-state index contributed by atoms with van der Waals surface area (Å²) in [6, 6.07) is 24.6. The molecule has 0 spiro atoms. The second kappa shape index (κ2) is 11.3. The van der Waals surface area contributed by atoms with Gasteiger partial charge in [0.15, 0.2) is 0 Å². The van der Waals surface area contributed by atoms with E-state index < -0.39 is 0 Å². The van der Waals surface area contributed by atoms with Crippen molar-refractivity contribution in [1.82, 2.24) is 10.3 Å². The lowest BCUT2D eigenvalue weighted by molar-refractivity contribution is -0.128. The van der Waals surface area contributed by atoms with Gasteiger partial charge in [-0.3, -0.25) is 9.59 Å². The number of hydrazone groups is 1. The van der Waals surface area contributed by atoms with Crippen molar-refractivity contribution in [3.63, 3.8) is 0 Å². The highest BCUT2D eigenvalue weighted by Crippen LogP contribution is 2.39. The number of ether oxygens (including phenoxy) is 1. The zero-order chi connectivity index (χ0) is 23.8. The van der Waals surface area contributed by atoms with Gasteiger partial charge < -0.3 is 9.64 Å². The van der Waals surface area contributed by atoms with E-state index in [9.17, 15) is 9.59 Å². The lowest BCUT2D eigenvalue weighted by Gasteiger charge is -2.24. The fourth-order valence-corrected chi connectivity index (χ4v) is 4.70. The van der Waals surface area contributed by atoms with Gasteiger partial charge in [-0.2, -0.15) is 5.10 Å². The Balaban J connectivity index is 1.35. The lowest BCUT2D eigenvalue weighted by atomic mass is 10.1. The third-order valence-electron chi connectivity index (χ3n) is 5.25. The SMILES string of the molecule is C=CCOc1ccc(/C=N\NC(=O)c2ccc([C@H]3SCC(=O)N3Cc3ccccc3)cc2)cc1. The van der Waals surface area contributed by atoms with E-state index in [1.165, 1.54) is 0 Å². The number of carbonyl (C=O) groups excluding carboxylic acids is 2. The van der Waals surface area contributed by atoms with Gasteiger partial charge in [0.1, 0.15) is 17.7 Å². The van der Waals surface area contributed by atoms with E-state index in [-0.39, 0.29) is 17.2 Å². The van der Waals surface area contributed by atoms with Crippen molar-refractivity contribution in [2.75, 3.05) is 12.4 Å². The third kappa shape index (κ3) is 5.94. The fourth-order valence-electron chi connectivity index (χ4n) is 3.52. The molecule has 1 atom stereocenters. The summed E-state index contributed by atoms with van der Waals surface area (Å²) in [6.07, 6.45) is 3.26. The Kier molecular flexibility index (Phi) is 7.78. The molecule has 1 heterocycles. The van der Waals surface area contributed by atoms with Crippen LogP contribution in [0.5, 0.6) is 5.75 Å². The molecule has 0 aliphatic carbocycles. The molecule has 172 valence electrons. The molecular formula is C27H25N3O3S. The molecule has 3 aromatic carbocycles. The van der Waals surface area contributed by atoms with Crippen LogP contribution in [-0.2, 0) is 11.3 Å². The van der Waals surface area contributed by atoms with Crippen LogP contribution in [0.2, 0.25) is 0 Å². The third-order valence-corrected chi connectivity index (χ3v) is 6.51. The van der Waals surface area contributed by atoms with Crippen LogP contribution < -0.4 is 10.2 Å². The summed E-state index contributed by atoms with van der Waals surface area (Å²) in [7, 11) is 0. The number of hydrogen-bond acceptors (Lipinski definition) is 5.